The van der Waals surface area contributed by atoms with Crippen molar-refractivity contribution in [1.29, 1.82) is 0 Å². The van der Waals surface area contributed by atoms with Gasteiger partial charge in [0, 0.05) is 31.9 Å². The fraction of sp³-hybridized carbons (Fsp3) is 0.167. The van der Waals surface area contributed by atoms with Crippen LogP contribution < -0.4 is 0 Å². The molecule has 16 heavy (non-hydrogen) atoms. The van der Waals surface area contributed by atoms with Gasteiger partial charge in [0.15, 0.2) is 5.78 Å². The van der Waals surface area contributed by atoms with Gasteiger partial charge >= 0.3 is 0 Å². The maximum absolute atomic E-state index is 11.8. The lowest BCUT2D eigenvalue weighted by molar-refractivity contribution is 0.104. The Hall–Kier alpha value is -1.68. The number of carbonyl (C=O) groups excluding carboxylic acids is 1. The minimum Gasteiger partial charge on any atom is -0.383 e. The average molecular weight is 232 g/mol. The molecule has 2 rings (SSSR count). The van der Waals surface area contributed by atoms with Crippen molar-refractivity contribution in [2.75, 3.05) is 14.1 Å². The molecule has 0 bridgehead atoms. The quantitative estimate of drug-likeness (QED) is 0.602. The van der Waals surface area contributed by atoms with Gasteiger partial charge in [0.1, 0.15) is 0 Å². The Morgan fingerprint density at radius 2 is 2.25 bits per heavy atom. The van der Waals surface area contributed by atoms with Gasteiger partial charge in [-0.1, -0.05) is 0 Å². The summed E-state index contributed by atoms with van der Waals surface area (Å²) < 4.78 is 1.05. The number of hydrogen-bond acceptors (Lipinski definition) is 4. The topological polar surface area (TPSA) is 33.2 Å². The van der Waals surface area contributed by atoms with E-state index in [1.165, 1.54) is 0 Å². The van der Waals surface area contributed by atoms with Crippen LogP contribution in [0.5, 0.6) is 0 Å². The van der Waals surface area contributed by atoms with Crippen LogP contribution in [0.25, 0.3) is 10.2 Å². The highest BCUT2D eigenvalue weighted by atomic mass is 32.1. The molecule has 0 radical (unpaired) electrons. The summed E-state index contributed by atoms with van der Waals surface area (Å²) >= 11 is 1.55. The van der Waals surface area contributed by atoms with Gasteiger partial charge in [0.25, 0.3) is 0 Å². The number of carbonyl (C=O) groups is 1. The number of hydrogen-bond donors (Lipinski definition) is 0. The molecule has 0 fully saturated rings. The molecule has 0 aliphatic rings. The Labute approximate surface area is 98.0 Å². The molecule has 0 saturated heterocycles. The third kappa shape index (κ3) is 2.28. The summed E-state index contributed by atoms with van der Waals surface area (Å²) in [5.74, 6) is 0.0176. The Morgan fingerprint density at radius 1 is 1.44 bits per heavy atom. The van der Waals surface area contributed by atoms with Gasteiger partial charge in [-0.25, -0.2) is 4.98 Å². The molecule has 0 aliphatic carbocycles. The molecule has 0 spiro atoms. The van der Waals surface area contributed by atoms with Crippen LogP contribution in [0, 0.1) is 0 Å². The number of fused-ring (bicyclic) bond motifs is 1. The van der Waals surface area contributed by atoms with E-state index in [2.05, 4.69) is 4.98 Å². The van der Waals surface area contributed by atoms with Gasteiger partial charge in [-0.15, -0.1) is 11.3 Å². The maximum Gasteiger partial charge on any atom is 0.187 e. The van der Waals surface area contributed by atoms with E-state index in [9.17, 15) is 4.79 Å². The molecule has 1 heterocycles. The standard InChI is InChI=1S/C12H12N2OS/c1-14(2)6-5-11(15)9-3-4-10-12(7-9)16-8-13-10/h3-8H,1-2H3/b6-5-. The van der Waals surface area contributed by atoms with Gasteiger partial charge in [-0.05, 0) is 18.2 Å². The van der Waals surface area contributed by atoms with Crippen molar-refractivity contribution in [2.45, 2.75) is 0 Å². The SMILES string of the molecule is CN(C)/C=C\C(=O)c1ccc2ncsc2c1. The van der Waals surface area contributed by atoms with E-state index < -0.39 is 0 Å². The van der Waals surface area contributed by atoms with Crippen molar-refractivity contribution in [3.63, 3.8) is 0 Å². The first-order chi connectivity index (χ1) is 7.66. The zero-order chi connectivity index (χ0) is 11.5. The van der Waals surface area contributed by atoms with Gasteiger partial charge in [-0.3, -0.25) is 4.79 Å². The molecule has 0 aliphatic heterocycles. The lowest BCUT2D eigenvalue weighted by Crippen LogP contribution is -2.03. The number of ketones is 1. The Morgan fingerprint density at radius 3 is 3.00 bits per heavy atom. The number of rotatable bonds is 3. The minimum atomic E-state index is 0.0176. The fourth-order valence-corrected chi connectivity index (χ4v) is 2.04. The van der Waals surface area contributed by atoms with Crippen LogP contribution in [0.2, 0.25) is 0 Å². The van der Waals surface area contributed by atoms with Gasteiger partial charge in [-0.2, -0.15) is 0 Å². The van der Waals surface area contributed by atoms with Crippen LogP contribution >= 0.6 is 11.3 Å². The van der Waals surface area contributed by atoms with Crippen LogP contribution in [-0.2, 0) is 0 Å². The summed E-state index contributed by atoms with van der Waals surface area (Å²) in [7, 11) is 3.77. The summed E-state index contributed by atoms with van der Waals surface area (Å²) in [6.45, 7) is 0. The second-order valence-corrected chi connectivity index (χ2v) is 4.56. The third-order valence-electron chi connectivity index (χ3n) is 2.14. The van der Waals surface area contributed by atoms with Crippen molar-refractivity contribution in [2.24, 2.45) is 0 Å². The van der Waals surface area contributed by atoms with Crippen LogP contribution in [0.3, 0.4) is 0 Å². The number of thiazole rings is 1. The number of aromatic nitrogens is 1. The molecule has 0 unspecified atom stereocenters. The van der Waals surface area contributed by atoms with Crippen molar-refractivity contribution < 1.29 is 4.79 Å². The largest absolute Gasteiger partial charge is 0.383 e. The highest BCUT2D eigenvalue weighted by Crippen LogP contribution is 2.19. The second-order valence-electron chi connectivity index (χ2n) is 3.68. The minimum absolute atomic E-state index is 0.0176. The van der Waals surface area contributed by atoms with Crippen molar-refractivity contribution in [3.8, 4) is 0 Å². The summed E-state index contributed by atoms with van der Waals surface area (Å²) in [4.78, 5) is 17.8. The summed E-state index contributed by atoms with van der Waals surface area (Å²) in [6, 6.07) is 5.57. The number of nitrogens with zero attached hydrogens (tertiary/aromatic N) is 2. The summed E-state index contributed by atoms with van der Waals surface area (Å²) in [6.07, 6.45) is 3.32. The maximum atomic E-state index is 11.8. The molecular weight excluding hydrogens is 220 g/mol. The van der Waals surface area contributed by atoms with Crippen molar-refractivity contribution in [3.05, 3.63) is 41.5 Å². The van der Waals surface area contributed by atoms with E-state index in [0.29, 0.717) is 5.56 Å². The average Bonchev–Trinajstić information content (AvgIpc) is 2.72. The highest BCUT2D eigenvalue weighted by molar-refractivity contribution is 7.16. The first-order valence-corrected chi connectivity index (χ1v) is 5.77. The summed E-state index contributed by atoms with van der Waals surface area (Å²) in [5.41, 5.74) is 3.43. The molecule has 4 heteroatoms. The van der Waals surface area contributed by atoms with E-state index in [1.54, 1.807) is 29.1 Å². The van der Waals surface area contributed by atoms with Crippen molar-refractivity contribution in [1.82, 2.24) is 9.88 Å². The molecule has 0 N–H and O–H groups in total. The van der Waals surface area contributed by atoms with Crippen LogP contribution in [0.15, 0.2) is 36.0 Å². The third-order valence-corrected chi connectivity index (χ3v) is 2.93. The Balaban J connectivity index is 2.29. The van der Waals surface area contributed by atoms with E-state index in [0.717, 1.165) is 10.2 Å². The van der Waals surface area contributed by atoms with Gasteiger partial charge in [0.05, 0.1) is 15.7 Å². The molecule has 82 valence electrons. The molecular formula is C12H12N2OS. The normalized spacial score (nSPS) is 11.1. The predicted molar refractivity (Wildman–Crippen MR) is 66.8 cm³/mol. The molecule has 3 nitrogen and oxygen atoms in total. The lowest BCUT2D eigenvalue weighted by atomic mass is 10.1. The predicted octanol–water partition coefficient (Wildman–Crippen LogP) is 2.55. The van der Waals surface area contributed by atoms with E-state index in [1.807, 2.05) is 37.2 Å². The first kappa shape index (κ1) is 10.8. The molecule has 1 aromatic carbocycles. The van der Waals surface area contributed by atoms with Gasteiger partial charge < -0.3 is 4.90 Å². The van der Waals surface area contributed by atoms with E-state index >= 15 is 0 Å². The monoisotopic (exact) mass is 232 g/mol. The van der Waals surface area contributed by atoms with E-state index in [-0.39, 0.29) is 5.78 Å². The Kier molecular flexibility index (Phi) is 3.01. The second kappa shape index (κ2) is 4.45. The zero-order valence-electron chi connectivity index (χ0n) is 9.18. The van der Waals surface area contributed by atoms with Crippen LogP contribution in [0.4, 0.5) is 0 Å². The smallest absolute Gasteiger partial charge is 0.187 e. The van der Waals surface area contributed by atoms with E-state index in [4.69, 9.17) is 0 Å². The zero-order valence-corrected chi connectivity index (χ0v) is 9.99. The Bertz CT molecular complexity index is 543. The molecule has 2 aromatic rings. The molecule has 0 atom stereocenters. The number of allylic oxidation sites excluding steroid dienone is 1. The first-order valence-electron chi connectivity index (χ1n) is 4.89. The highest BCUT2D eigenvalue weighted by Gasteiger charge is 2.04. The lowest BCUT2D eigenvalue weighted by Gasteiger charge is -2.02. The molecule has 0 saturated carbocycles. The van der Waals surface area contributed by atoms with Crippen LogP contribution in [-0.4, -0.2) is 29.8 Å². The molecule has 0 amide bonds. The number of benzene rings is 1. The molecule has 1 aromatic heterocycles. The van der Waals surface area contributed by atoms with Crippen LogP contribution in [0.1, 0.15) is 10.4 Å². The van der Waals surface area contributed by atoms with Crippen molar-refractivity contribution >= 4 is 27.3 Å². The fourth-order valence-electron chi connectivity index (χ4n) is 1.32. The van der Waals surface area contributed by atoms with Gasteiger partial charge in [0.2, 0.25) is 0 Å². The summed E-state index contributed by atoms with van der Waals surface area (Å²) in [5, 5.41) is 0.